The van der Waals surface area contributed by atoms with Gasteiger partial charge in [0.05, 0.1) is 11.8 Å². The molecule has 1 aromatic rings. The van der Waals surface area contributed by atoms with Crippen LogP contribution in [-0.2, 0) is 11.3 Å². The van der Waals surface area contributed by atoms with Crippen molar-refractivity contribution in [2.45, 2.75) is 26.3 Å². The van der Waals surface area contributed by atoms with Crippen molar-refractivity contribution in [1.82, 2.24) is 9.78 Å². The number of ketones is 1. The fourth-order valence-electron chi connectivity index (χ4n) is 1.20. The summed E-state index contributed by atoms with van der Waals surface area (Å²) in [5.41, 5.74) is 0.699. The van der Waals surface area contributed by atoms with Crippen molar-refractivity contribution in [2.75, 3.05) is 13.7 Å². The van der Waals surface area contributed by atoms with Gasteiger partial charge in [0.25, 0.3) is 0 Å². The SMILES string of the molecule is CCC(=O)c1cnn(CCCOC)c1. The number of aryl methyl sites for hydroxylation is 1. The van der Waals surface area contributed by atoms with Crippen LogP contribution in [0, 0.1) is 0 Å². The van der Waals surface area contributed by atoms with Crippen molar-refractivity contribution in [1.29, 1.82) is 0 Å². The molecule has 0 aromatic carbocycles. The average Bonchev–Trinajstić information content (AvgIpc) is 2.66. The number of nitrogens with zero attached hydrogens (tertiary/aromatic N) is 2. The Morgan fingerprint density at radius 1 is 1.64 bits per heavy atom. The minimum Gasteiger partial charge on any atom is -0.385 e. The summed E-state index contributed by atoms with van der Waals surface area (Å²) >= 11 is 0. The molecule has 0 spiro atoms. The Bertz CT molecular complexity index is 294. The first-order valence-electron chi connectivity index (χ1n) is 4.82. The van der Waals surface area contributed by atoms with Crippen LogP contribution in [0.3, 0.4) is 0 Å². The summed E-state index contributed by atoms with van der Waals surface area (Å²) in [6, 6.07) is 0. The van der Waals surface area contributed by atoms with Crippen LogP contribution in [0.4, 0.5) is 0 Å². The van der Waals surface area contributed by atoms with E-state index in [0.717, 1.165) is 19.6 Å². The fourth-order valence-corrected chi connectivity index (χ4v) is 1.20. The van der Waals surface area contributed by atoms with Crippen LogP contribution < -0.4 is 0 Å². The van der Waals surface area contributed by atoms with E-state index in [0.29, 0.717) is 12.0 Å². The highest BCUT2D eigenvalue weighted by molar-refractivity contribution is 5.95. The molecule has 0 fully saturated rings. The third kappa shape index (κ3) is 2.96. The molecule has 0 bridgehead atoms. The van der Waals surface area contributed by atoms with Gasteiger partial charge in [-0.3, -0.25) is 9.48 Å². The highest BCUT2D eigenvalue weighted by Crippen LogP contribution is 2.02. The third-order valence-corrected chi connectivity index (χ3v) is 2.01. The molecular formula is C10H16N2O2. The van der Waals surface area contributed by atoms with E-state index in [4.69, 9.17) is 4.74 Å². The topological polar surface area (TPSA) is 44.1 Å². The second-order valence-corrected chi connectivity index (χ2v) is 3.12. The van der Waals surface area contributed by atoms with Gasteiger partial charge >= 0.3 is 0 Å². The van der Waals surface area contributed by atoms with Gasteiger partial charge in [0.15, 0.2) is 5.78 Å². The number of rotatable bonds is 6. The quantitative estimate of drug-likeness (QED) is 0.511. The zero-order valence-corrected chi connectivity index (χ0v) is 8.69. The van der Waals surface area contributed by atoms with Crippen molar-refractivity contribution in [3.8, 4) is 0 Å². The molecule has 0 amide bonds. The molecule has 0 saturated heterocycles. The molecule has 1 aromatic heterocycles. The molecule has 0 unspecified atom stereocenters. The summed E-state index contributed by atoms with van der Waals surface area (Å²) in [6.45, 7) is 3.37. The number of Topliss-reactive ketones (excluding diaryl/α,β-unsaturated/α-hetero) is 1. The zero-order valence-electron chi connectivity index (χ0n) is 8.69. The summed E-state index contributed by atoms with van der Waals surface area (Å²) < 4.78 is 6.71. The Morgan fingerprint density at radius 2 is 2.43 bits per heavy atom. The lowest BCUT2D eigenvalue weighted by atomic mass is 10.2. The monoisotopic (exact) mass is 196 g/mol. The van der Waals surface area contributed by atoms with Gasteiger partial charge in [-0.2, -0.15) is 5.10 Å². The van der Waals surface area contributed by atoms with E-state index < -0.39 is 0 Å². The highest BCUT2D eigenvalue weighted by atomic mass is 16.5. The number of carbonyl (C=O) groups excluding carboxylic acids is 1. The van der Waals surface area contributed by atoms with Gasteiger partial charge in [0, 0.05) is 32.9 Å². The number of carbonyl (C=O) groups is 1. The molecule has 0 atom stereocenters. The van der Waals surface area contributed by atoms with Crippen LogP contribution >= 0.6 is 0 Å². The van der Waals surface area contributed by atoms with Crippen LogP contribution in [0.15, 0.2) is 12.4 Å². The number of methoxy groups -OCH3 is 1. The van der Waals surface area contributed by atoms with Gasteiger partial charge in [-0.1, -0.05) is 6.92 Å². The number of hydrogen-bond acceptors (Lipinski definition) is 3. The fraction of sp³-hybridized carbons (Fsp3) is 0.600. The van der Waals surface area contributed by atoms with E-state index in [1.165, 1.54) is 0 Å². The first-order valence-corrected chi connectivity index (χ1v) is 4.82. The van der Waals surface area contributed by atoms with Gasteiger partial charge in [-0.05, 0) is 6.42 Å². The molecule has 4 nitrogen and oxygen atoms in total. The van der Waals surface area contributed by atoms with Crippen LogP contribution in [0.5, 0.6) is 0 Å². The van der Waals surface area contributed by atoms with Crippen molar-refractivity contribution < 1.29 is 9.53 Å². The second-order valence-electron chi connectivity index (χ2n) is 3.12. The standard InChI is InChI=1S/C10H16N2O2/c1-3-10(13)9-7-11-12(8-9)5-4-6-14-2/h7-8H,3-6H2,1-2H3. The van der Waals surface area contributed by atoms with E-state index in [1.807, 2.05) is 6.92 Å². The largest absolute Gasteiger partial charge is 0.385 e. The molecule has 0 saturated carbocycles. The average molecular weight is 196 g/mol. The third-order valence-electron chi connectivity index (χ3n) is 2.01. The Hall–Kier alpha value is -1.16. The van der Waals surface area contributed by atoms with Crippen LogP contribution in [0.1, 0.15) is 30.1 Å². The van der Waals surface area contributed by atoms with Crippen molar-refractivity contribution in [3.05, 3.63) is 18.0 Å². The maximum atomic E-state index is 11.3. The van der Waals surface area contributed by atoms with Gasteiger partial charge in [0.1, 0.15) is 0 Å². The molecule has 0 radical (unpaired) electrons. The molecule has 4 heteroatoms. The summed E-state index contributed by atoms with van der Waals surface area (Å²) in [7, 11) is 1.68. The minimum atomic E-state index is 0.142. The van der Waals surface area contributed by atoms with E-state index in [2.05, 4.69) is 5.10 Å². The Morgan fingerprint density at radius 3 is 3.07 bits per heavy atom. The molecule has 1 rings (SSSR count). The number of hydrogen-bond donors (Lipinski definition) is 0. The van der Waals surface area contributed by atoms with Crippen molar-refractivity contribution >= 4 is 5.78 Å². The van der Waals surface area contributed by atoms with Crippen molar-refractivity contribution in [2.24, 2.45) is 0 Å². The Kier molecular flexibility index (Phi) is 4.32. The van der Waals surface area contributed by atoms with E-state index in [-0.39, 0.29) is 5.78 Å². The predicted molar refractivity (Wildman–Crippen MR) is 53.3 cm³/mol. The van der Waals surface area contributed by atoms with Gasteiger partial charge in [0.2, 0.25) is 0 Å². The summed E-state index contributed by atoms with van der Waals surface area (Å²) in [5, 5.41) is 4.10. The second kappa shape index (κ2) is 5.54. The highest BCUT2D eigenvalue weighted by Gasteiger charge is 2.05. The first kappa shape index (κ1) is 10.9. The molecule has 1 heterocycles. The van der Waals surface area contributed by atoms with E-state index in [1.54, 1.807) is 24.2 Å². The van der Waals surface area contributed by atoms with Crippen LogP contribution in [-0.4, -0.2) is 29.3 Å². The Labute approximate surface area is 83.9 Å². The van der Waals surface area contributed by atoms with E-state index >= 15 is 0 Å². The van der Waals surface area contributed by atoms with Gasteiger partial charge < -0.3 is 4.74 Å². The maximum Gasteiger partial charge on any atom is 0.165 e. The molecular weight excluding hydrogens is 180 g/mol. The lowest BCUT2D eigenvalue weighted by Crippen LogP contribution is -2.01. The summed E-state index contributed by atoms with van der Waals surface area (Å²) in [4.78, 5) is 11.3. The lowest BCUT2D eigenvalue weighted by Gasteiger charge is -1.99. The molecule has 0 N–H and O–H groups in total. The van der Waals surface area contributed by atoms with E-state index in [9.17, 15) is 4.79 Å². The summed E-state index contributed by atoms with van der Waals surface area (Å²) in [5.74, 6) is 0.142. The van der Waals surface area contributed by atoms with Crippen LogP contribution in [0.2, 0.25) is 0 Å². The molecule has 14 heavy (non-hydrogen) atoms. The van der Waals surface area contributed by atoms with Crippen molar-refractivity contribution in [3.63, 3.8) is 0 Å². The van der Waals surface area contributed by atoms with Gasteiger partial charge in [-0.25, -0.2) is 0 Å². The first-order chi connectivity index (χ1) is 6.77. The normalized spacial score (nSPS) is 10.4. The number of ether oxygens (including phenoxy) is 1. The van der Waals surface area contributed by atoms with Crippen LogP contribution in [0.25, 0.3) is 0 Å². The van der Waals surface area contributed by atoms with Gasteiger partial charge in [-0.15, -0.1) is 0 Å². The molecule has 0 aliphatic rings. The molecule has 0 aliphatic heterocycles. The molecule has 0 aliphatic carbocycles. The smallest absolute Gasteiger partial charge is 0.165 e. The number of aromatic nitrogens is 2. The minimum absolute atomic E-state index is 0.142. The Balaban J connectivity index is 2.46. The predicted octanol–water partition coefficient (Wildman–Crippen LogP) is 1.51. The lowest BCUT2D eigenvalue weighted by molar-refractivity contribution is 0.0988. The molecule has 78 valence electrons. The maximum absolute atomic E-state index is 11.3. The zero-order chi connectivity index (χ0) is 10.4. The summed E-state index contributed by atoms with van der Waals surface area (Å²) in [6.07, 6.45) is 4.86.